The third kappa shape index (κ3) is 15.9. The predicted molar refractivity (Wildman–Crippen MR) is 126 cm³/mol. The highest BCUT2D eigenvalue weighted by Gasteiger charge is 2.32. The maximum absolute atomic E-state index is 11.6. The first kappa shape index (κ1) is 29.6. The molecule has 0 aliphatic heterocycles. The van der Waals surface area contributed by atoms with E-state index in [9.17, 15) is 19.8 Å². The summed E-state index contributed by atoms with van der Waals surface area (Å²) in [5.74, 6) is -2.11. The fourth-order valence-corrected chi connectivity index (χ4v) is 3.74. The molecule has 0 heterocycles. The zero-order valence-corrected chi connectivity index (χ0v) is 19.5. The molecule has 8 N–H and O–H groups in total. The molecule has 0 aromatic rings. The van der Waals surface area contributed by atoms with E-state index in [1.165, 1.54) is 57.8 Å². The third-order valence-corrected chi connectivity index (χ3v) is 5.81. The molecule has 0 aliphatic carbocycles. The van der Waals surface area contributed by atoms with Gasteiger partial charge in [0.2, 0.25) is 11.8 Å². The second kappa shape index (κ2) is 19.3. The van der Waals surface area contributed by atoms with E-state index in [-0.39, 0.29) is 12.8 Å². The van der Waals surface area contributed by atoms with Crippen molar-refractivity contribution in [3.63, 3.8) is 0 Å². The monoisotopic (exact) mass is 441 g/mol. The first-order valence-electron chi connectivity index (χ1n) is 12.2. The molecule has 0 aromatic carbocycles. The van der Waals surface area contributed by atoms with Crippen LogP contribution in [0.2, 0.25) is 0 Å². The topological polar surface area (TPSA) is 153 Å². The van der Waals surface area contributed by atoms with Crippen LogP contribution in [0.4, 0.5) is 0 Å². The summed E-state index contributed by atoms with van der Waals surface area (Å²) < 4.78 is 0. The van der Waals surface area contributed by atoms with Crippen molar-refractivity contribution in [3.8, 4) is 0 Å². The maximum Gasteiger partial charge on any atom is 0.223 e. The van der Waals surface area contributed by atoms with Crippen LogP contribution in [0.3, 0.4) is 0 Å². The molecule has 182 valence electrons. The Kier molecular flexibility index (Phi) is 18.4. The van der Waals surface area contributed by atoms with Crippen LogP contribution in [0.1, 0.15) is 103 Å². The van der Waals surface area contributed by atoms with Crippen LogP contribution >= 0.6 is 0 Å². The van der Waals surface area contributed by atoms with E-state index >= 15 is 0 Å². The SMILES string of the molecule is CCCCCCCCCCCCCC=CC(O)C(N)C(O)C(CCCC(N)=O)C(N)=O. The number of amides is 2. The molecule has 0 saturated carbocycles. The number of aliphatic hydroxyl groups excluding tert-OH is 2. The smallest absolute Gasteiger partial charge is 0.223 e. The Morgan fingerprint density at radius 2 is 1.35 bits per heavy atom. The lowest BCUT2D eigenvalue weighted by Gasteiger charge is -2.27. The average Bonchev–Trinajstić information content (AvgIpc) is 2.72. The largest absolute Gasteiger partial charge is 0.391 e. The minimum absolute atomic E-state index is 0.104. The number of allylic oxidation sites excluding steroid dienone is 1. The van der Waals surface area contributed by atoms with Crippen molar-refractivity contribution in [3.05, 3.63) is 12.2 Å². The Morgan fingerprint density at radius 3 is 1.84 bits per heavy atom. The van der Waals surface area contributed by atoms with E-state index in [0.29, 0.717) is 6.42 Å². The first-order valence-corrected chi connectivity index (χ1v) is 12.2. The van der Waals surface area contributed by atoms with Crippen LogP contribution in [0.5, 0.6) is 0 Å². The van der Waals surface area contributed by atoms with E-state index in [0.717, 1.165) is 19.3 Å². The fourth-order valence-electron chi connectivity index (χ4n) is 3.74. The van der Waals surface area contributed by atoms with Crippen LogP contribution < -0.4 is 17.2 Å². The summed E-state index contributed by atoms with van der Waals surface area (Å²) in [6, 6.07) is -1.03. The zero-order valence-electron chi connectivity index (χ0n) is 19.5. The number of hydrogen-bond donors (Lipinski definition) is 5. The van der Waals surface area contributed by atoms with E-state index in [1.807, 2.05) is 6.08 Å². The quantitative estimate of drug-likeness (QED) is 0.137. The highest BCUT2D eigenvalue weighted by molar-refractivity contribution is 5.77. The van der Waals surface area contributed by atoms with Gasteiger partial charge >= 0.3 is 0 Å². The summed E-state index contributed by atoms with van der Waals surface area (Å²) in [5, 5.41) is 20.6. The highest BCUT2D eigenvalue weighted by Crippen LogP contribution is 2.17. The minimum atomic E-state index is -1.29. The van der Waals surface area contributed by atoms with Gasteiger partial charge in [0.15, 0.2) is 0 Å². The molecule has 0 saturated heterocycles. The van der Waals surface area contributed by atoms with Gasteiger partial charge in [0.25, 0.3) is 0 Å². The van der Waals surface area contributed by atoms with Crippen molar-refractivity contribution < 1.29 is 19.8 Å². The Hall–Kier alpha value is -1.44. The Bertz CT molecular complexity index is 499. The van der Waals surface area contributed by atoms with Gasteiger partial charge in [-0.3, -0.25) is 9.59 Å². The summed E-state index contributed by atoms with van der Waals surface area (Å²) in [6.07, 6.45) is 16.7. The molecule has 31 heavy (non-hydrogen) atoms. The summed E-state index contributed by atoms with van der Waals surface area (Å²) in [6.45, 7) is 2.24. The van der Waals surface area contributed by atoms with Gasteiger partial charge in [0.05, 0.1) is 24.2 Å². The summed E-state index contributed by atoms with van der Waals surface area (Å²) in [4.78, 5) is 22.5. The molecular formula is C24H47N3O4. The normalized spacial score (nSPS) is 15.6. The lowest BCUT2D eigenvalue weighted by Crippen LogP contribution is -2.50. The number of aliphatic hydroxyl groups is 2. The minimum Gasteiger partial charge on any atom is -0.391 e. The van der Waals surface area contributed by atoms with Gasteiger partial charge < -0.3 is 27.4 Å². The fraction of sp³-hybridized carbons (Fsp3) is 0.833. The van der Waals surface area contributed by atoms with Gasteiger partial charge in [-0.2, -0.15) is 0 Å². The molecule has 0 aliphatic rings. The summed E-state index contributed by atoms with van der Waals surface area (Å²) >= 11 is 0. The number of carbonyl (C=O) groups is 2. The molecule has 0 fully saturated rings. The summed E-state index contributed by atoms with van der Waals surface area (Å²) in [7, 11) is 0. The van der Waals surface area contributed by atoms with E-state index < -0.39 is 36.0 Å². The van der Waals surface area contributed by atoms with Crippen molar-refractivity contribution in [2.75, 3.05) is 0 Å². The average molecular weight is 442 g/mol. The zero-order chi connectivity index (χ0) is 23.5. The lowest BCUT2D eigenvalue weighted by atomic mass is 9.88. The van der Waals surface area contributed by atoms with Gasteiger partial charge in [0.1, 0.15) is 0 Å². The van der Waals surface area contributed by atoms with Gasteiger partial charge in [-0.1, -0.05) is 83.3 Å². The molecule has 7 heteroatoms. The van der Waals surface area contributed by atoms with Crippen molar-refractivity contribution >= 4 is 11.8 Å². The van der Waals surface area contributed by atoms with Crippen LogP contribution in [0.25, 0.3) is 0 Å². The predicted octanol–water partition coefficient (Wildman–Crippen LogP) is 3.05. The molecular weight excluding hydrogens is 394 g/mol. The van der Waals surface area contributed by atoms with Crippen LogP contribution in [-0.2, 0) is 9.59 Å². The van der Waals surface area contributed by atoms with Crippen molar-refractivity contribution in [1.82, 2.24) is 0 Å². The van der Waals surface area contributed by atoms with E-state index in [1.54, 1.807) is 6.08 Å². The van der Waals surface area contributed by atoms with Crippen molar-refractivity contribution in [1.29, 1.82) is 0 Å². The van der Waals surface area contributed by atoms with E-state index in [4.69, 9.17) is 17.2 Å². The van der Waals surface area contributed by atoms with Gasteiger partial charge in [0, 0.05) is 6.42 Å². The molecule has 4 unspecified atom stereocenters. The molecule has 0 aromatic heterocycles. The van der Waals surface area contributed by atoms with Crippen molar-refractivity contribution in [2.45, 2.75) is 121 Å². The molecule has 4 atom stereocenters. The highest BCUT2D eigenvalue weighted by atomic mass is 16.3. The van der Waals surface area contributed by atoms with E-state index in [2.05, 4.69) is 6.92 Å². The van der Waals surface area contributed by atoms with Gasteiger partial charge in [-0.25, -0.2) is 0 Å². The molecule has 0 spiro atoms. The van der Waals surface area contributed by atoms with Gasteiger partial charge in [-0.15, -0.1) is 0 Å². The number of nitrogens with two attached hydrogens (primary N) is 3. The molecule has 0 rings (SSSR count). The summed E-state index contributed by atoms with van der Waals surface area (Å²) in [5.41, 5.74) is 16.4. The standard InChI is InChI=1S/C24H47N3O4/c1-2-3-4-5-6-7-8-9-10-11-12-13-14-17-20(28)22(26)23(30)19(24(27)31)16-15-18-21(25)29/h14,17,19-20,22-23,28,30H,2-13,15-16,18,26H2,1H3,(H2,25,29)(H2,27,31). The number of unbranched alkanes of at least 4 members (excludes halogenated alkanes) is 11. The molecule has 2 amide bonds. The second-order valence-electron chi connectivity index (χ2n) is 8.68. The Balaban J connectivity index is 3.99. The van der Waals surface area contributed by atoms with Crippen LogP contribution in [-0.4, -0.2) is 40.3 Å². The van der Waals surface area contributed by atoms with Crippen molar-refractivity contribution in [2.24, 2.45) is 23.1 Å². The molecule has 7 nitrogen and oxygen atoms in total. The lowest BCUT2D eigenvalue weighted by molar-refractivity contribution is -0.127. The Morgan fingerprint density at radius 1 is 0.839 bits per heavy atom. The van der Waals surface area contributed by atoms with Crippen LogP contribution in [0.15, 0.2) is 12.2 Å². The molecule has 0 bridgehead atoms. The maximum atomic E-state index is 11.6. The Labute approximate surface area is 188 Å². The number of primary amides is 2. The first-order chi connectivity index (χ1) is 14.8. The number of rotatable bonds is 21. The van der Waals surface area contributed by atoms with Crippen LogP contribution in [0, 0.1) is 5.92 Å². The number of hydrogen-bond acceptors (Lipinski definition) is 5. The van der Waals surface area contributed by atoms with Gasteiger partial charge in [-0.05, 0) is 25.7 Å². The number of carbonyl (C=O) groups excluding carboxylic acids is 2. The second-order valence-corrected chi connectivity index (χ2v) is 8.68. The third-order valence-electron chi connectivity index (χ3n) is 5.81. The molecule has 0 radical (unpaired) electrons.